The Hall–Kier alpha value is -3.64. The van der Waals surface area contributed by atoms with Crippen LogP contribution in [0.2, 0.25) is 0 Å². The number of benzene rings is 2. The van der Waals surface area contributed by atoms with Crippen molar-refractivity contribution in [3.63, 3.8) is 0 Å². The number of amides is 1. The van der Waals surface area contributed by atoms with Crippen LogP contribution in [0.1, 0.15) is 46.9 Å². The Balaban J connectivity index is 1.38. The van der Waals surface area contributed by atoms with Crippen LogP contribution in [0, 0.1) is 19.8 Å². The average molecular weight is 468 g/mol. The predicted molar refractivity (Wildman–Crippen MR) is 140 cm³/mol. The first-order valence-electron chi connectivity index (χ1n) is 12.4. The number of hydrogen-bond donors (Lipinski definition) is 1. The van der Waals surface area contributed by atoms with Crippen LogP contribution in [0.3, 0.4) is 0 Å². The van der Waals surface area contributed by atoms with Crippen molar-refractivity contribution in [1.82, 2.24) is 19.2 Å². The van der Waals surface area contributed by atoms with E-state index < -0.39 is 0 Å². The summed E-state index contributed by atoms with van der Waals surface area (Å²) in [6, 6.07) is 20.3. The smallest absolute Gasteiger partial charge is 0.261 e. The van der Waals surface area contributed by atoms with Crippen LogP contribution in [0.4, 0.5) is 5.69 Å². The molecule has 6 nitrogen and oxygen atoms in total. The van der Waals surface area contributed by atoms with Crippen molar-refractivity contribution in [1.29, 1.82) is 0 Å². The fraction of sp³-hybridized carbons (Fsp3) is 0.310. The first-order valence-corrected chi connectivity index (χ1v) is 12.4. The second-order valence-electron chi connectivity index (χ2n) is 9.73. The molecule has 0 atom stereocenters. The number of rotatable bonds is 6. The molecule has 3 heterocycles. The number of nitrogens with zero attached hydrogens (tertiary/aromatic N) is 4. The fourth-order valence-electron chi connectivity index (χ4n) is 4.73. The van der Waals surface area contributed by atoms with E-state index in [0.717, 1.165) is 42.7 Å². The normalized spacial score (nSPS) is 14.8. The summed E-state index contributed by atoms with van der Waals surface area (Å²) in [7, 11) is 0. The van der Waals surface area contributed by atoms with Crippen molar-refractivity contribution in [3.8, 4) is 11.5 Å². The summed E-state index contributed by atoms with van der Waals surface area (Å²) < 4.78 is 3.78. The lowest BCUT2D eigenvalue weighted by Gasteiger charge is -2.30. The highest BCUT2D eigenvalue weighted by Gasteiger charge is 2.24. The van der Waals surface area contributed by atoms with Gasteiger partial charge in [-0.25, -0.2) is 4.68 Å². The third kappa shape index (κ3) is 5.08. The van der Waals surface area contributed by atoms with Gasteiger partial charge in [-0.3, -0.25) is 9.69 Å². The summed E-state index contributed by atoms with van der Waals surface area (Å²) in [6.45, 7) is 9.55. The topological polar surface area (TPSA) is 55.1 Å². The van der Waals surface area contributed by atoms with Gasteiger partial charge in [0.1, 0.15) is 5.56 Å². The van der Waals surface area contributed by atoms with E-state index in [9.17, 15) is 4.79 Å². The van der Waals surface area contributed by atoms with Crippen LogP contribution in [-0.2, 0) is 6.54 Å². The highest BCUT2D eigenvalue weighted by molar-refractivity contribution is 6.07. The summed E-state index contributed by atoms with van der Waals surface area (Å²) >= 11 is 0. The van der Waals surface area contributed by atoms with E-state index in [4.69, 9.17) is 5.10 Å². The molecule has 5 rings (SSSR count). The maximum absolute atomic E-state index is 13.5. The Morgan fingerprint density at radius 1 is 0.971 bits per heavy atom. The van der Waals surface area contributed by atoms with Crippen LogP contribution in [0.25, 0.3) is 11.5 Å². The predicted octanol–water partition coefficient (Wildman–Crippen LogP) is 5.76. The second-order valence-corrected chi connectivity index (χ2v) is 9.73. The second kappa shape index (κ2) is 9.92. The van der Waals surface area contributed by atoms with Gasteiger partial charge >= 0.3 is 0 Å². The summed E-state index contributed by atoms with van der Waals surface area (Å²) in [4.78, 5) is 16.0. The van der Waals surface area contributed by atoms with Crippen LogP contribution in [0.5, 0.6) is 0 Å². The Bertz CT molecular complexity index is 1280. The summed E-state index contributed by atoms with van der Waals surface area (Å²) in [5, 5.41) is 7.84. The zero-order valence-electron chi connectivity index (χ0n) is 20.7. The number of piperidine rings is 1. The molecule has 1 N–H and O–H groups in total. The van der Waals surface area contributed by atoms with Gasteiger partial charge in [-0.2, -0.15) is 5.10 Å². The van der Waals surface area contributed by atoms with E-state index in [-0.39, 0.29) is 5.91 Å². The largest absolute Gasteiger partial charge is 0.322 e. The van der Waals surface area contributed by atoms with Crippen LogP contribution < -0.4 is 5.32 Å². The zero-order chi connectivity index (χ0) is 24.4. The van der Waals surface area contributed by atoms with Gasteiger partial charge < -0.3 is 9.88 Å². The molecule has 6 heteroatoms. The molecule has 0 radical (unpaired) electrons. The van der Waals surface area contributed by atoms with E-state index in [0.29, 0.717) is 11.3 Å². The van der Waals surface area contributed by atoms with Gasteiger partial charge in [0.2, 0.25) is 0 Å². The molecule has 0 saturated carbocycles. The molecule has 2 aromatic carbocycles. The molecule has 1 amide bonds. The molecule has 0 aliphatic carbocycles. The third-order valence-electron chi connectivity index (χ3n) is 6.88. The maximum Gasteiger partial charge on any atom is 0.261 e. The van der Waals surface area contributed by atoms with Crippen molar-refractivity contribution >= 4 is 11.6 Å². The van der Waals surface area contributed by atoms with Gasteiger partial charge in [0, 0.05) is 24.6 Å². The standard InChI is InChI=1S/C29H33N5O/c1-21-6-12-26(13-7-21)34-29(33-16-4-5-17-33)27(23(3)31-34)28(35)30-25-10-8-24(9-11-25)20-32-18-14-22(2)15-19-32/h4-13,16-17,22H,14-15,18-20H2,1-3H3,(H,30,35). The highest BCUT2D eigenvalue weighted by atomic mass is 16.1. The monoisotopic (exact) mass is 467 g/mol. The van der Waals surface area contributed by atoms with Crippen LogP contribution in [0.15, 0.2) is 73.1 Å². The summed E-state index contributed by atoms with van der Waals surface area (Å²) in [5.41, 5.74) is 5.39. The van der Waals surface area contributed by atoms with E-state index >= 15 is 0 Å². The van der Waals surface area contributed by atoms with E-state index in [1.54, 1.807) is 0 Å². The number of likely N-dealkylation sites (tertiary alicyclic amines) is 1. The van der Waals surface area contributed by atoms with E-state index in [1.165, 1.54) is 24.0 Å². The first-order chi connectivity index (χ1) is 17.0. The summed E-state index contributed by atoms with van der Waals surface area (Å²) in [6.07, 6.45) is 6.42. The van der Waals surface area contributed by atoms with Crippen LogP contribution >= 0.6 is 0 Å². The Kier molecular flexibility index (Phi) is 6.55. The minimum absolute atomic E-state index is 0.165. The van der Waals surface area contributed by atoms with Crippen molar-refractivity contribution in [2.45, 2.75) is 40.2 Å². The molecule has 0 spiro atoms. The van der Waals surface area contributed by atoms with E-state index in [1.807, 2.05) is 65.0 Å². The molecular formula is C29H33N5O. The number of carbonyl (C=O) groups excluding carboxylic acids is 1. The fourth-order valence-corrected chi connectivity index (χ4v) is 4.73. The van der Waals surface area contributed by atoms with Gasteiger partial charge in [-0.15, -0.1) is 0 Å². The van der Waals surface area contributed by atoms with Crippen LogP contribution in [-0.4, -0.2) is 38.2 Å². The average Bonchev–Trinajstić information content (AvgIpc) is 3.50. The molecule has 2 aromatic heterocycles. The number of anilines is 1. The molecule has 4 aromatic rings. The third-order valence-corrected chi connectivity index (χ3v) is 6.88. The number of carbonyl (C=O) groups is 1. The van der Waals surface area contributed by atoms with Gasteiger partial charge in [-0.1, -0.05) is 36.8 Å². The highest BCUT2D eigenvalue weighted by Crippen LogP contribution is 2.25. The van der Waals surface area contributed by atoms with Crippen molar-refractivity contribution in [2.24, 2.45) is 5.92 Å². The van der Waals surface area contributed by atoms with Gasteiger partial charge in [0.15, 0.2) is 5.82 Å². The lowest BCUT2D eigenvalue weighted by Crippen LogP contribution is -2.32. The molecule has 1 aliphatic heterocycles. The van der Waals surface area contributed by atoms with Crippen molar-refractivity contribution in [2.75, 3.05) is 18.4 Å². The number of aryl methyl sites for hydroxylation is 2. The molecule has 180 valence electrons. The van der Waals surface area contributed by atoms with Crippen molar-refractivity contribution < 1.29 is 4.79 Å². The minimum atomic E-state index is -0.165. The lowest BCUT2D eigenvalue weighted by atomic mass is 9.99. The summed E-state index contributed by atoms with van der Waals surface area (Å²) in [5.74, 6) is 1.39. The van der Waals surface area contributed by atoms with Gasteiger partial charge in [-0.05, 0) is 87.7 Å². The van der Waals surface area contributed by atoms with Gasteiger partial charge in [0.05, 0.1) is 11.4 Å². The molecule has 1 saturated heterocycles. The Morgan fingerprint density at radius 2 is 1.63 bits per heavy atom. The van der Waals surface area contributed by atoms with E-state index in [2.05, 4.69) is 48.3 Å². The maximum atomic E-state index is 13.5. The molecule has 1 aliphatic rings. The van der Waals surface area contributed by atoms with Gasteiger partial charge in [0.25, 0.3) is 5.91 Å². The minimum Gasteiger partial charge on any atom is -0.322 e. The molecular weight excluding hydrogens is 434 g/mol. The number of aromatic nitrogens is 3. The number of hydrogen-bond acceptors (Lipinski definition) is 3. The van der Waals surface area contributed by atoms with Crippen molar-refractivity contribution in [3.05, 3.63) is 95.4 Å². The SMILES string of the molecule is Cc1ccc(-n2nc(C)c(C(=O)Nc3ccc(CN4CCC(C)CC4)cc3)c2-n2cccc2)cc1. The quantitative estimate of drug-likeness (QED) is 0.392. The molecule has 0 bridgehead atoms. The molecule has 0 unspecified atom stereocenters. The zero-order valence-corrected chi connectivity index (χ0v) is 20.7. The Labute approximate surface area is 207 Å². The molecule has 1 fully saturated rings. The lowest BCUT2D eigenvalue weighted by molar-refractivity contribution is 0.102. The molecule has 35 heavy (non-hydrogen) atoms. The number of nitrogens with one attached hydrogen (secondary N) is 1. The first kappa shape index (κ1) is 23.1. The Morgan fingerprint density at radius 3 is 2.29 bits per heavy atom.